The zero-order valence-corrected chi connectivity index (χ0v) is 15.8. The first-order valence-electron chi connectivity index (χ1n) is 9.24. The third-order valence-electron chi connectivity index (χ3n) is 4.95. The molecule has 0 amide bonds. The Kier molecular flexibility index (Phi) is 4.55. The highest BCUT2D eigenvalue weighted by Crippen LogP contribution is 2.42. The van der Waals surface area contributed by atoms with Gasteiger partial charge in [-0.25, -0.2) is 9.48 Å². The van der Waals surface area contributed by atoms with Gasteiger partial charge in [0.05, 0.1) is 12.7 Å². The van der Waals surface area contributed by atoms with E-state index >= 15 is 0 Å². The Labute approximate surface area is 157 Å². The molecule has 1 saturated carbocycles. The van der Waals surface area contributed by atoms with Crippen molar-refractivity contribution in [2.24, 2.45) is 0 Å². The molecule has 3 aromatic rings. The number of aromatic nitrogens is 5. The second-order valence-corrected chi connectivity index (χ2v) is 6.84. The predicted octanol–water partition coefficient (Wildman–Crippen LogP) is 3.05. The monoisotopic (exact) mass is 369 g/mol. The lowest BCUT2D eigenvalue weighted by Gasteiger charge is -2.07. The second-order valence-electron chi connectivity index (χ2n) is 6.84. The Morgan fingerprint density at radius 1 is 1.33 bits per heavy atom. The van der Waals surface area contributed by atoms with Crippen LogP contribution in [0.15, 0.2) is 18.2 Å². The van der Waals surface area contributed by atoms with Crippen LogP contribution in [0.1, 0.15) is 54.1 Å². The number of tetrazole rings is 1. The Morgan fingerprint density at radius 3 is 2.85 bits per heavy atom. The van der Waals surface area contributed by atoms with Crippen molar-refractivity contribution in [2.75, 3.05) is 7.11 Å². The number of ether oxygens (including phenoxy) is 2. The number of aryl methyl sites for hydroxylation is 1. The Morgan fingerprint density at radius 2 is 2.15 bits per heavy atom. The van der Waals surface area contributed by atoms with Crippen LogP contribution in [0.25, 0.3) is 10.9 Å². The molecule has 1 aromatic carbocycles. The molecule has 0 bridgehead atoms. The molecule has 142 valence electrons. The molecule has 0 saturated heterocycles. The minimum absolute atomic E-state index is 0.0470. The lowest BCUT2D eigenvalue weighted by Crippen LogP contribution is -2.12. The quantitative estimate of drug-likeness (QED) is 0.595. The van der Waals surface area contributed by atoms with Crippen LogP contribution in [0.5, 0.6) is 5.75 Å². The molecule has 0 spiro atoms. The number of rotatable bonds is 7. The summed E-state index contributed by atoms with van der Waals surface area (Å²) in [5, 5.41) is 12.4. The van der Waals surface area contributed by atoms with E-state index in [1.807, 2.05) is 32.0 Å². The van der Waals surface area contributed by atoms with Gasteiger partial charge in [-0.1, -0.05) is 6.92 Å². The molecule has 0 atom stereocenters. The van der Waals surface area contributed by atoms with Gasteiger partial charge in [0.25, 0.3) is 0 Å². The van der Waals surface area contributed by atoms with Gasteiger partial charge in [0.15, 0.2) is 12.4 Å². The van der Waals surface area contributed by atoms with Crippen molar-refractivity contribution >= 4 is 16.9 Å². The smallest absolute Gasteiger partial charge is 0.341 e. The van der Waals surface area contributed by atoms with E-state index in [0.717, 1.165) is 41.6 Å². The summed E-state index contributed by atoms with van der Waals surface area (Å²) < 4.78 is 14.8. The average molecular weight is 369 g/mol. The average Bonchev–Trinajstić information content (AvgIpc) is 3.33. The lowest BCUT2D eigenvalue weighted by atomic mass is 10.1. The van der Waals surface area contributed by atoms with E-state index in [4.69, 9.17) is 9.47 Å². The molecule has 2 aromatic heterocycles. The number of methoxy groups -OCH3 is 1. The first kappa shape index (κ1) is 17.5. The zero-order chi connectivity index (χ0) is 19.0. The molecule has 0 aliphatic heterocycles. The molecule has 8 heteroatoms. The third kappa shape index (κ3) is 3.15. The minimum atomic E-state index is -0.365. The molecule has 0 N–H and O–H groups in total. The Bertz CT molecular complexity index is 987. The fraction of sp³-hybridized carbons (Fsp3) is 0.474. The number of fused-ring (bicyclic) bond motifs is 1. The summed E-state index contributed by atoms with van der Waals surface area (Å²) in [5.74, 6) is 0.902. The minimum Gasteiger partial charge on any atom is -0.497 e. The number of hydrogen-bond donors (Lipinski definition) is 0. The molecule has 1 aliphatic carbocycles. The lowest BCUT2D eigenvalue weighted by molar-refractivity contribution is 0.0457. The molecule has 8 nitrogen and oxygen atoms in total. The third-order valence-corrected chi connectivity index (χ3v) is 4.95. The Balaban J connectivity index is 1.66. The van der Waals surface area contributed by atoms with Crippen molar-refractivity contribution in [3.63, 3.8) is 0 Å². The van der Waals surface area contributed by atoms with Gasteiger partial charge in [-0.15, -0.1) is 5.10 Å². The molecular weight excluding hydrogens is 346 g/mol. The van der Waals surface area contributed by atoms with Gasteiger partial charge < -0.3 is 14.0 Å². The molecule has 27 heavy (non-hydrogen) atoms. The summed E-state index contributed by atoms with van der Waals surface area (Å²) >= 11 is 0. The van der Waals surface area contributed by atoms with Crippen molar-refractivity contribution in [1.82, 2.24) is 24.8 Å². The van der Waals surface area contributed by atoms with E-state index in [1.54, 1.807) is 11.8 Å². The fourth-order valence-corrected chi connectivity index (χ4v) is 3.52. The van der Waals surface area contributed by atoms with Gasteiger partial charge in [-0.3, -0.25) is 0 Å². The van der Waals surface area contributed by atoms with Gasteiger partial charge in [-0.05, 0) is 54.8 Å². The molecule has 4 rings (SSSR count). The van der Waals surface area contributed by atoms with Gasteiger partial charge in [0.1, 0.15) is 5.75 Å². The van der Waals surface area contributed by atoms with Gasteiger partial charge in [0.2, 0.25) is 0 Å². The predicted molar refractivity (Wildman–Crippen MR) is 98.7 cm³/mol. The number of esters is 1. The van der Waals surface area contributed by atoms with Crippen LogP contribution in [0, 0.1) is 6.92 Å². The first-order chi connectivity index (χ1) is 13.1. The van der Waals surface area contributed by atoms with Crippen LogP contribution in [-0.2, 0) is 17.9 Å². The standard InChI is InChI=1S/C19H23N5O3/c1-4-9-23-17(20-21-22-23)11-27-19(25)18-12(2)24(13-5-6-13)16-8-7-14(26-3)10-15(16)18/h7-8,10,13H,4-6,9,11H2,1-3H3. The normalized spacial score (nSPS) is 13.9. The van der Waals surface area contributed by atoms with E-state index in [1.165, 1.54) is 0 Å². The largest absolute Gasteiger partial charge is 0.497 e. The maximum Gasteiger partial charge on any atom is 0.341 e. The molecule has 2 heterocycles. The van der Waals surface area contributed by atoms with E-state index in [0.29, 0.717) is 24.0 Å². The van der Waals surface area contributed by atoms with E-state index in [-0.39, 0.29) is 12.6 Å². The van der Waals surface area contributed by atoms with Crippen LogP contribution in [0.2, 0.25) is 0 Å². The molecule has 0 unspecified atom stereocenters. The highest BCUT2D eigenvalue weighted by molar-refractivity contribution is 6.06. The van der Waals surface area contributed by atoms with E-state index in [9.17, 15) is 4.79 Å². The zero-order valence-electron chi connectivity index (χ0n) is 15.8. The van der Waals surface area contributed by atoms with Crippen LogP contribution in [0.4, 0.5) is 0 Å². The SMILES string of the molecule is CCCn1nnnc1COC(=O)c1c(C)n(C2CC2)c2ccc(OC)cc12. The first-order valence-corrected chi connectivity index (χ1v) is 9.24. The number of nitrogens with zero attached hydrogens (tertiary/aromatic N) is 5. The number of carbonyl (C=O) groups excluding carboxylic acids is 1. The van der Waals surface area contributed by atoms with E-state index in [2.05, 4.69) is 20.1 Å². The number of benzene rings is 1. The van der Waals surface area contributed by atoms with Gasteiger partial charge >= 0.3 is 5.97 Å². The summed E-state index contributed by atoms with van der Waals surface area (Å²) in [5.41, 5.74) is 2.56. The van der Waals surface area contributed by atoms with Crippen LogP contribution < -0.4 is 4.74 Å². The summed E-state index contributed by atoms with van der Waals surface area (Å²) in [6, 6.07) is 6.30. The maximum atomic E-state index is 12.9. The van der Waals surface area contributed by atoms with Crippen LogP contribution in [-0.4, -0.2) is 37.9 Å². The van der Waals surface area contributed by atoms with Gasteiger partial charge in [0, 0.05) is 29.2 Å². The second kappa shape index (κ2) is 7.02. The molecule has 1 fully saturated rings. The number of carbonyl (C=O) groups is 1. The van der Waals surface area contributed by atoms with Crippen LogP contribution in [0.3, 0.4) is 0 Å². The van der Waals surface area contributed by atoms with Crippen molar-refractivity contribution in [3.05, 3.63) is 35.3 Å². The fourth-order valence-electron chi connectivity index (χ4n) is 3.52. The highest BCUT2D eigenvalue weighted by atomic mass is 16.5. The summed E-state index contributed by atoms with van der Waals surface area (Å²) in [4.78, 5) is 12.9. The van der Waals surface area contributed by atoms with Crippen molar-refractivity contribution in [3.8, 4) is 5.75 Å². The molecule has 0 radical (unpaired) electrons. The topological polar surface area (TPSA) is 84.1 Å². The molecular formula is C19H23N5O3. The molecule has 1 aliphatic rings. The summed E-state index contributed by atoms with van der Waals surface area (Å²) in [7, 11) is 1.62. The number of hydrogen-bond acceptors (Lipinski definition) is 6. The van der Waals surface area contributed by atoms with Crippen molar-refractivity contribution < 1.29 is 14.3 Å². The maximum absolute atomic E-state index is 12.9. The Hall–Kier alpha value is -2.90. The highest BCUT2D eigenvalue weighted by Gasteiger charge is 2.31. The van der Waals surface area contributed by atoms with Crippen molar-refractivity contribution in [1.29, 1.82) is 0 Å². The van der Waals surface area contributed by atoms with Crippen molar-refractivity contribution in [2.45, 2.75) is 52.3 Å². The van der Waals surface area contributed by atoms with E-state index < -0.39 is 0 Å². The summed E-state index contributed by atoms with van der Waals surface area (Å²) in [6.45, 7) is 4.76. The van der Waals surface area contributed by atoms with Crippen LogP contribution >= 0.6 is 0 Å². The summed E-state index contributed by atoms with van der Waals surface area (Å²) in [6.07, 6.45) is 3.17. The van der Waals surface area contributed by atoms with Gasteiger partial charge in [-0.2, -0.15) is 0 Å².